The molecule has 132 valence electrons. The summed E-state index contributed by atoms with van der Waals surface area (Å²) in [5.74, 6) is 0.926. The van der Waals surface area contributed by atoms with Gasteiger partial charge in [0.25, 0.3) is 0 Å². The molecule has 2 aromatic rings. The predicted molar refractivity (Wildman–Crippen MR) is 100.0 cm³/mol. The Kier molecular flexibility index (Phi) is 6.31. The normalized spacial score (nSPS) is 14.8. The lowest BCUT2D eigenvalue weighted by Gasteiger charge is -2.20. The summed E-state index contributed by atoms with van der Waals surface area (Å²) in [5, 5.41) is 4.02. The van der Waals surface area contributed by atoms with Crippen LogP contribution in [0.4, 0.5) is 0 Å². The molecular formula is C20H23ClN2O2. The number of halogens is 1. The van der Waals surface area contributed by atoms with E-state index in [1.54, 1.807) is 0 Å². The lowest BCUT2D eigenvalue weighted by molar-refractivity contribution is -0.130. The van der Waals surface area contributed by atoms with Crippen LogP contribution < -0.4 is 10.1 Å². The van der Waals surface area contributed by atoms with Crippen molar-refractivity contribution >= 4 is 17.5 Å². The van der Waals surface area contributed by atoms with E-state index >= 15 is 0 Å². The Labute approximate surface area is 153 Å². The van der Waals surface area contributed by atoms with Gasteiger partial charge in [-0.2, -0.15) is 0 Å². The molecule has 1 aliphatic heterocycles. The molecule has 4 nitrogen and oxygen atoms in total. The first-order valence-corrected chi connectivity index (χ1v) is 9.04. The second-order valence-corrected chi connectivity index (χ2v) is 6.60. The highest BCUT2D eigenvalue weighted by molar-refractivity contribution is 6.31. The quantitative estimate of drug-likeness (QED) is 0.891. The highest BCUT2D eigenvalue weighted by Gasteiger charge is 2.15. The molecule has 3 rings (SSSR count). The number of carbonyl (C=O) groups is 1. The second kappa shape index (κ2) is 8.88. The van der Waals surface area contributed by atoms with E-state index in [0.717, 1.165) is 49.5 Å². The van der Waals surface area contributed by atoms with Crippen LogP contribution >= 0.6 is 11.6 Å². The smallest absolute Gasteiger partial charge is 0.227 e. The molecule has 1 heterocycles. The maximum absolute atomic E-state index is 12.5. The summed E-state index contributed by atoms with van der Waals surface area (Å²) < 4.78 is 5.84. The number of carbonyl (C=O) groups excluding carboxylic acids is 1. The minimum absolute atomic E-state index is 0.173. The third-order valence-electron chi connectivity index (χ3n) is 4.30. The molecule has 5 heteroatoms. The lowest BCUT2D eigenvalue weighted by Crippen LogP contribution is -2.35. The van der Waals surface area contributed by atoms with Gasteiger partial charge in [-0.25, -0.2) is 0 Å². The summed E-state index contributed by atoms with van der Waals surface area (Å²) in [6.07, 6.45) is 1.41. The number of benzene rings is 2. The van der Waals surface area contributed by atoms with E-state index in [-0.39, 0.29) is 5.91 Å². The first-order valence-electron chi connectivity index (χ1n) is 8.66. The highest BCUT2D eigenvalue weighted by Crippen LogP contribution is 2.20. The molecule has 0 bridgehead atoms. The van der Waals surface area contributed by atoms with Crippen LogP contribution in [-0.2, 0) is 17.8 Å². The van der Waals surface area contributed by atoms with Crippen LogP contribution in [0.1, 0.15) is 17.5 Å². The molecule has 1 saturated heterocycles. The van der Waals surface area contributed by atoms with Gasteiger partial charge in [-0.05, 0) is 36.7 Å². The summed E-state index contributed by atoms with van der Waals surface area (Å²) >= 11 is 6.15. The third-order valence-corrected chi connectivity index (χ3v) is 4.67. The summed E-state index contributed by atoms with van der Waals surface area (Å²) in [6.45, 7) is 3.87. The molecule has 1 amide bonds. The molecule has 1 N–H and O–H groups in total. The third kappa shape index (κ3) is 5.21. The summed E-state index contributed by atoms with van der Waals surface area (Å²) in [5.41, 5.74) is 1.92. The molecule has 1 aliphatic rings. The van der Waals surface area contributed by atoms with Crippen molar-refractivity contribution in [3.63, 3.8) is 0 Å². The Balaban J connectivity index is 1.59. The van der Waals surface area contributed by atoms with Crippen LogP contribution in [0.2, 0.25) is 5.02 Å². The van der Waals surface area contributed by atoms with Crippen molar-refractivity contribution in [1.29, 1.82) is 0 Å². The fraction of sp³-hybridized carbons (Fsp3) is 0.350. The van der Waals surface area contributed by atoms with Crippen molar-refractivity contribution in [3.8, 4) is 5.75 Å². The van der Waals surface area contributed by atoms with E-state index < -0.39 is 0 Å². The second-order valence-electron chi connectivity index (χ2n) is 6.19. The minimum atomic E-state index is 0.173. The van der Waals surface area contributed by atoms with Crippen molar-refractivity contribution in [1.82, 2.24) is 10.2 Å². The number of ether oxygens (including phenoxy) is 1. The molecule has 0 unspecified atom stereocenters. The van der Waals surface area contributed by atoms with Gasteiger partial charge in [0.2, 0.25) is 5.91 Å². The molecule has 0 atom stereocenters. The van der Waals surface area contributed by atoms with Crippen molar-refractivity contribution in [3.05, 3.63) is 64.7 Å². The molecule has 2 aromatic carbocycles. The number of nitrogens with one attached hydrogen (secondary N) is 1. The van der Waals surface area contributed by atoms with Gasteiger partial charge < -0.3 is 15.0 Å². The highest BCUT2D eigenvalue weighted by atomic mass is 35.5. The van der Waals surface area contributed by atoms with Gasteiger partial charge in [-0.1, -0.05) is 41.9 Å². The largest absolute Gasteiger partial charge is 0.489 e. The molecule has 1 fully saturated rings. The van der Waals surface area contributed by atoms with E-state index in [9.17, 15) is 4.79 Å². The Morgan fingerprint density at radius 1 is 1.12 bits per heavy atom. The zero-order chi connectivity index (χ0) is 17.5. The maximum Gasteiger partial charge on any atom is 0.227 e. The van der Waals surface area contributed by atoms with Crippen molar-refractivity contribution in [2.24, 2.45) is 0 Å². The van der Waals surface area contributed by atoms with Crippen LogP contribution in [0.15, 0.2) is 48.5 Å². The van der Waals surface area contributed by atoms with Crippen molar-refractivity contribution < 1.29 is 9.53 Å². The average molecular weight is 359 g/mol. The number of hydrogen-bond donors (Lipinski definition) is 1. The average Bonchev–Trinajstić information content (AvgIpc) is 2.91. The topological polar surface area (TPSA) is 41.6 Å². The van der Waals surface area contributed by atoms with Crippen LogP contribution in [0.3, 0.4) is 0 Å². The lowest BCUT2D eigenvalue weighted by atomic mass is 10.1. The molecule has 0 radical (unpaired) electrons. The van der Waals surface area contributed by atoms with Gasteiger partial charge in [0.15, 0.2) is 0 Å². The zero-order valence-electron chi connectivity index (χ0n) is 14.2. The Bertz CT molecular complexity index is 712. The van der Waals surface area contributed by atoms with Gasteiger partial charge in [0.1, 0.15) is 12.4 Å². The molecule has 0 saturated carbocycles. The molecular weight excluding hydrogens is 336 g/mol. The number of nitrogens with zero attached hydrogens (tertiary/aromatic N) is 1. The predicted octanol–water partition coefficient (Wildman–Crippen LogP) is 3.28. The summed E-state index contributed by atoms with van der Waals surface area (Å²) in [7, 11) is 0. The van der Waals surface area contributed by atoms with E-state index in [2.05, 4.69) is 5.32 Å². The van der Waals surface area contributed by atoms with E-state index in [1.165, 1.54) is 0 Å². The van der Waals surface area contributed by atoms with E-state index in [1.807, 2.05) is 53.4 Å². The van der Waals surface area contributed by atoms with Crippen molar-refractivity contribution in [2.75, 3.05) is 26.2 Å². The number of hydrogen-bond acceptors (Lipinski definition) is 3. The fourth-order valence-electron chi connectivity index (χ4n) is 2.90. The van der Waals surface area contributed by atoms with Gasteiger partial charge in [-0.3, -0.25) is 4.79 Å². The first kappa shape index (κ1) is 17.8. The molecule has 0 aromatic heterocycles. The van der Waals surface area contributed by atoms with Gasteiger partial charge >= 0.3 is 0 Å². The van der Waals surface area contributed by atoms with Gasteiger partial charge in [0, 0.05) is 30.2 Å². The van der Waals surface area contributed by atoms with Gasteiger partial charge in [0.05, 0.1) is 6.42 Å². The molecule has 0 aliphatic carbocycles. The number of rotatable bonds is 5. The zero-order valence-corrected chi connectivity index (χ0v) is 15.0. The summed E-state index contributed by atoms with van der Waals surface area (Å²) in [6, 6.07) is 15.4. The van der Waals surface area contributed by atoms with Gasteiger partial charge in [-0.15, -0.1) is 0 Å². The monoisotopic (exact) mass is 358 g/mol. The first-order chi connectivity index (χ1) is 12.2. The SMILES string of the molecule is O=C(Cc1cccc(OCc2ccccc2Cl)c1)N1CCCNCC1. The molecule has 25 heavy (non-hydrogen) atoms. The van der Waals surface area contributed by atoms with E-state index in [0.29, 0.717) is 18.1 Å². The van der Waals surface area contributed by atoms with E-state index in [4.69, 9.17) is 16.3 Å². The summed E-state index contributed by atoms with van der Waals surface area (Å²) in [4.78, 5) is 14.4. The Morgan fingerprint density at radius 3 is 2.88 bits per heavy atom. The Morgan fingerprint density at radius 2 is 2.00 bits per heavy atom. The van der Waals surface area contributed by atoms with Crippen LogP contribution in [0.25, 0.3) is 0 Å². The maximum atomic E-state index is 12.5. The molecule has 0 spiro atoms. The van der Waals surface area contributed by atoms with Crippen LogP contribution in [0, 0.1) is 0 Å². The van der Waals surface area contributed by atoms with Crippen molar-refractivity contribution in [2.45, 2.75) is 19.4 Å². The van der Waals surface area contributed by atoms with Crippen LogP contribution in [0.5, 0.6) is 5.75 Å². The standard InChI is InChI=1S/C20H23ClN2O2/c21-19-8-2-1-6-17(19)15-25-18-7-3-5-16(13-18)14-20(24)23-11-4-9-22-10-12-23/h1-3,5-8,13,22H,4,9-12,14-15H2. The minimum Gasteiger partial charge on any atom is -0.489 e. The Hall–Kier alpha value is -2.04. The fourth-order valence-corrected chi connectivity index (χ4v) is 3.09. The van der Waals surface area contributed by atoms with Crippen LogP contribution in [-0.4, -0.2) is 37.0 Å². The number of amides is 1.